The molecule has 0 spiro atoms. The maximum absolute atomic E-state index is 9.83. The maximum atomic E-state index is 9.83. The number of nitrogens with zero attached hydrogens (tertiary/aromatic N) is 1. The lowest BCUT2D eigenvalue weighted by Crippen LogP contribution is -2.14. The van der Waals surface area contributed by atoms with Gasteiger partial charge in [-0.05, 0) is 19.4 Å². The van der Waals surface area contributed by atoms with Gasteiger partial charge in [-0.3, -0.25) is 0 Å². The van der Waals surface area contributed by atoms with E-state index in [1.807, 2.05) is 23.6 Å². The van der Waals surface area contributed by atoms with E-state index in [4.69, 9.17) is 0 Å². The molecule has 0 bridgehead atoms. The lowest BCUT2D eigenvalue weighted by molar-refractivity contribution is 0.0778. The number of aromatic nitrogens is 1. The van der Waals surface area contributed by atoms with Gasteiger partial charge < -0.3 is 5.11 Å². The van der Waals surface area contributed by atoms with Crippen LogP contribution in [0.15, 0.2) is 40.7 Å². The van der Waals surface area contributed by atoms with E-state index in [9.17, 15) is 5.11 Å². The molecule has 4 heteroatoms. The zero-order chi connectivity index (χ0) is 12.3. The molecule has 1 aromatic carbocycles. The third-order valence-electron chi connectivity index (χ3n) is 2.24. The predicted octanol–water partition coefficient (Wildman–Crippen LogP) is 3.66. The number of rotatable bonds is 4. The van der Waals surface area contributed by atoms with Gasteiger partial charge in [0.1, 0.15) is 15.6 Å². The molecule has 0 atom stereocenters. The fraction of sp³-hybridized carbons (Fsp3) is 0.308. The molecule has 0 unspecified atom stereocenters. The van der Waals surface area contributed by atoms with E-state index < -0.39 is 5.60 Å². The Balaban J connectivity index is 1.99. The third-order valence-corrected chi connectivity index (χ3v) is 4.52. The van der Waals surface area contributed by atoms with E-state index in [2.05, 4.69) is 17.1 Å². The topological polar surface area (TPSA) is 33.1 Å². The Morgan fingerprint density at radius 3 is 2.59 bits per heavy atom. The van der Waals surface area contributed by atoms with E-state index in [0.29, 0.717) is 0 Å². The van der Waals surface area contributed by atoms with Crippen LogP contribution in [-0.2, 0) is 11.4 Å². The summed E-state index contributed by atoms with van der Waals surface area (Å²) in [5.74, 6) is 0.913. The first kappa shape index (κ1) is 12.6. The largest absolute Gasteiger partial charge is 0.383 e. The second-order valence-electron chi connectivity index (χ2n) is 4.32. The van der Waals surface area contributed by atoms with Gasteiger partial charge >= 0.3 is 0 Å². The minimum absolute atomic E-state index is 0.771. The summed E-state index contributed by atoms with van der Waals surface area (Å²) >= 11 is 3.21. The van der Waals surface area contributed by atoms with Crippen molar-refractivity contribution in [2.45, 2.75) is 30.2 Å². The van der Waals surface area contributed by atoms with Gasteiger partial charge in [-0.2, -0.15) is 0 Å². The minimum atomic E-state index is -0.837. The molecule has 0 aliphatic carbocycles. The molecule has 0 amide bonds. The van der Waals surface area contributed by atoms with Crippen LogP contribution in [0.3, 0.4) is 0 Å². The van der Waals surface area contributed by atoms with Gasteiger partial charge in [0.15, 0.2) is 0 Å². The summed E-state index contributed by atoms with van der Waals surface area (Å²) in [7, 11) is 0. The number of benzene rings is 1. The van der Waals surface area contributed by atoms with Crippen molar-refractivity contribution >= 4 is 23.1 Å². The van der Waals surface area contributed by atoms with Gasteiger partial charge in [-0.1, -0.05) is 30.3 Å². The lowest BCUT2D eigenvalue weighted by atomic mass is 10.2. The van der Waals surface area contributed by atoms with Crippen LogP contribution in [0.4, 0.5) is 0 Å². The van der Waals surface area contributed by atoms with Crippen LogP contribution in [-0.4, -0.2) is 10.1 Å². The molecule has 2 nitrogen and oxygen atoms in total. The molecule has 0 radical (unpaired) electrons. The second kappa shape index (κ2) is 5.21. The average Bonchev–Trinajstić information content (AvgIpc) is 2.76. The van der Waals surface area contributed by atoms with Gasteiger partial charge in [0.2, 0.25) is 0 Å². The van der Waals surface area contributed by atoms with Crippen molar-refractivity contribution in [3.8, 4) is 0 Å². The first-order valence-electron chi connectivity index (χ1n) is 5.41. The molecule has 0 saturated carbocycles. The summed E-state index contributed by atoms with van der Waals surface area (Å²) in [6, 6.07) is 10.3. The van der Waals surface area contributed by atoms with E-state index in [-0.39, 0.29) is 0 Å². The van der Waals surface area contributed by atoms with Crippen molar-refractivity contribution in [3.63, 3.8) is 0 Å². The molecule has 0 saturated heterocycles. The van der Waals surface area contributed by atoms with Crippen LogP contribution in [0.5, 0.6) is 0 Å². The molecule has 0 aliphatic heterocycles. The van der Waals surface area contributed by atoms with Crippen molar-refractivity contribution in [2.75, 3.05) is 0 Å². The minimum Gasteiger partial charge on any atom is -0.383 e. The molecule has 1 N–H and O–H groups in total. The molecule has 2 aromatic rings. The summed E-state index contributed by atoms with van der Waals surface area (Å²) in [5.41, 5.74) is 0.450. The van der Waals surface area contributed by atoms with Gasteiger partial charge in [0, 0.05) is 11.1 Å². The number of thiazole rings is 1. The van der Waals surface area contributed by atoms with Gasteiger partial charge in [0.25, 0.3) is 0 Å². The number of hydrogen-bond acceptors (Lipinski definition) is 4. The van der Waals surface area contributed by atoms with E-state index >= 15 is 0 Å². The monoisotopic (exact) mass is 265 g/mol. The summed E-state index contributed by atoms with van der Waals surface area (Å²) in [5, 5.41) is 13.6. The summed E-state index contributed by atoms with van der Waals surface area (Å²) in [6.07, 6.45) is 0. The molecule has 0 fully saturated rings. The summed E-state index contributed by atoms with van der Waals surface area (Å²) in [4.78, 5) is 4.43. The van der Waals surface area contributed by atoms with Gasteiger partial charge in [-0.15, -0.1) is 23.1 Å². The Bertz CT molecular complexity index is 474. The summed E-state index contributed by atoms with van der Waals surface area (Å²) in [6.45, 7) is 3.52. The molecule has 1 heterocycles. The molecule has 1 aromatic heterocycles. The van der Waals surface area contributed by atoms with Gasteiger partial charge in [0.05, 0.1) is 0 Å². The van der Waals surface area contributed by atoms with E-state index in [1.165, 1.54) is 16.9 Å². The molecule has 2 rings (SSSR count). The van der Waals surface area contributed by atoms with Crippen LogP contribution in [0.1, 0.15) is 24.4 Å². The Morgan fingerprint density at radius 2 is 2.00 bits per heavy atom. The first-order valence-corrected chi connectivity index (χ1v) is 7.27. The highest BCUT2D eigenvalue weighted by atomic mass is 32.2. The average molecular weight is 265 g/mol. The number of aliphatic hydroxyl groups is 1. The molecule has 0 aliphatic rings. The van der Waals surface area contributed by atoms with Gasteiger partial charge in [-0.25, -0.2) is 4.98 Å². The van der Waals surface area contributed by atoms with E-state index in [1.54, 1.807) is 25.6 Å². The number of thioether (sulfide) groups is 1. The van der Waals surface area contributed by atoms with Crippen LogP contribution in [0, 0.1) is 0 Å². The fourth-order valence-corrected chi connectivity index (χ4v) is 3.18. The van der Waals surface area contributed by atoms with Crippen LogP contribution in [0.25, 0.3) is 0 Å². The predicted molar refractivity (Wildman–Crippen MR) is 73.4 cm³/mol. The molecule has 90 valence electrons. The van der Waals surface area contributed by atoms with Crippen molar-refractivity contribution in [1.29, 1.82) is 0 Å². The zero-order valence-corrected chi connectivity index (χ0v) is 11.5. The Kier molecular flexibility index (Phi) is 3.86. The number of hydrogen-bond donors (Lipinski definition) is 1. The smallest absolute Gasteiger partial charge is 0.125 e. The standard InChI is InChI=1S/C13H15NOS2/c1-13(2,15)12-14-11(9-17-12)16-8-10-6-4-3-5-7-10/h3-7,9,15H,8H2,1-2H3. The quantitative estimate of drug-likeness (QED) is 0.856. The zero-order valence-electron chi connectivity index (χ0n) is 9.88. The lowest BCUT2D eigenvalue weighted by Gasteiger charge is -2.12. The highest BCUT2D eigenvalue weighted by molar-refractivity contribution is 7.98. The molecule has 17 heavy (non-hydrogen) atoms. The second-order valence-corrected chi connectivity index (χ2v) is 6.18. The summed E-state index contributed by atoms with van der Waals surface area (Å²) < 4.78 is 0. The first-order chi connectivity index (χ1) is 8.05. The van der Waals surface area contributed by atoms with Crippen LogP contribution >= 0.6 is 23.1 Å². The highest BCUT2D eigenvalue weighted by Crippen LogP contribution is 2.29. The SMILES string of the molecule is CC(C)(O)c1nc(SCc2ccccc2)cs1. The van der Waals surface area contributed by atoms with Crippen LogP contribution in [0.2, 0.25) is 0 Å². The van der Waals surface area contributed by atoms with E-state index in [0.717, 1.165) is 15.8 Å². The van der Waals surface area contributed by atoms with Crippen molar-refractivity contribution in [2.24, 2.45) is 0 Å². The van der Waals surface area contributed by atoms with Crippen molar-refractivity contribution in [1.82, 2.24) is 4.98 Å². The Morgan fingerprint density at radius 1 is 1.29 bits per heavy atom. The highest BCUT2D eigenvalue weighted by Gasteiger charge is 2.20. The van der Waals surface area contributed by atoms with Crippen molar-refractivity contribution < 1.29 is 5.11 Å². The molecular weight excluding hydrogens is 250 g/mol. The van der Waals surface area contributed by atoms with Crippen LogP contribution < -0.4 is 0 Å². The third kappa shape index (κ3) is 3.56. The Hall–Kier alpha value is -0.840. The maximum Gasteiger partial charge on any atom is 0.125 e. The normalized spacial score (nSPS) is 11.7. The fourth-order valence-electron chi connectivity index (χ4n) is 1.34. The molecular formula is C13H15NOS2. The van der Waals surface area contributed by atoms with Crippen molar-refractivity contribution in [3.05, 3.63) is 46.3 Å². The Labute approximate surface area is 110 Å².